The zero-order chi connectivity index (χ0) is 13.3. The molecular formula is C16H30N2O. The molecule has 3 aliphatic rings. The molecule has 0 aromatic rings. The molecule has 1 aliphatic carbocycles. The Morgan fingerprint density at radius 3 is 2.63 bits per heavy atom. The van der Waals surface area contributed by atoms with Crippen LogP contribution in [0.3, 0.4) is 0 Å². The first-order valence-corrected chi connectivity index (χ1v) is 8.21. The van der Waals surface area contributed by atoms with Crippen molar-refractivity contribution in [2.75, 3.05) is 26.2 Å². The van der Waals surface area contributed by atoms with Crippen LogP contribution in [-0.4, -0.2) is 48.3 Å². The van der Waals surface area contributed by atoms with Gasteiger partial charge < -0.3 is 10.1 Å². The van der Waals surface area contributed by atoms with Crippen molar-refractivity contribution in [3.8, 4) is 0 Å². The lowest BCUT2D eigenvalue weighted by molar-refractivity contribution is -0.0486. The Labute approximate surface area is 118 Å². The first-order valence-electron chi connectivity index (χ1n) is 8.21. The van der Waals surface area contributed by atoms with Crippen LogP contribution in [0, 0.1) is 0 Å². The lowest BCUT2D eigenvalue weighted by Crippen LogP contribution is -2.68. The van der Waals surface area contributed by atoms with Gasteiger partial charge in [-0.1, -0.05) is 12.8 Å². The van der Waals surface area contributed by atoms with E-state index in [1.807, 2.05) is 0 Å². The van der Waals surface area contributed by atoms with Gasteiger partial charge in [-0.05, 0) is 46.0 Å². The molecule has 3 fully saturated rings. The van der Waals surface area contributed by atoms with Crippen LogP contribution in [0.2, 0.25) is 0 Å². The summed E-state index contributed by atoms with van der Waals surface area (Å²) in [6, 6.07) is 0. The fourth-order valence-corrected chi connectivity index (χ4v) is 4.05. The third-order valence-electron chi connectivity index (χ3n) is 5.50. The average Bonchev–Trinajstić information content (AvgIpc) is 2.85. The molecule has 3 nitrogen and oxygen atoms in total. The van der Waals surface area contributed by atoms with E-state index in [4.69, 9.17) is 4.74 Å². The van der Waals surface area contributed by atoms with Crippen molar-refractivity contribution in [3.05, 3.63) is 0 Å². The lowest BCUT2D eigenvalue weighted by Gasteiger charge is -2.52. The molecule has 0 aromatic heterocycles. The second kappa shape index (κ2) is 5.34. The number of rotatable bonds is 2. The molecule has 3 heteroatoms. The van der Waals surface area contributed by atoms with Crippen molar-refractivity contribution < 1.29 is 4.74 Å². The Kier molecular flexibility index (Phi) is 3.89. The summed E-state index contributed by atoms with van der Waals surface area (Å²) in [6.07, 6.45) is 9.88. The summed E-state index contributed by atoms with van der Waals surface area (Å²) >= 11 is 0. The molecule has 1 spiro atoms. The number of ether oxygens (including phenoxy) is 1. The van der Waals surface area contributed by atoms with Gasteiger partial charge in [-0.15, -0.1) is 0 Å². The summed E-state index contributed by atoms with van der Waals surface area (Å²) < 4.78 is 5.96. The summed E-state index contributed by atoms with van der Waals surface area (Å²) in [5, 5.41) is 3.87. The fourth-order valence-electron chi connectivity index (χ4n) is 4.05. The Morgan fingerprint density at radius 2 is 1.95 bits per heavy atom. The van der Waals surface area contributed by atoms with Gasteiger partial charge in [0.05, 0.1) is 6.10 Å². The van der Waals surface area contributed by atoms with Crippen molar-refractivity contribution in [1.82, 2.24) is 10.2 Å². The largest absolute Gasteiger partial charge is 0.377 e. The predicted octanol–water partition coefficient (Wildman–Crippen LogP) is 2.55. The van der Waals surface area contributed by atoms with Crippen LogP contribution in [0.4, 0.5) is 0 Å². The van der Waals surface area contributed by atoms with Crippen LogP contribution >= 0.6 is 0 Å². The van der Waals surface area contributed by atoms with E-state index in [9.17, 15) is 0 Å². The molecule has 1 atom stereocenters. The third-order valence-corrected chi connectivity index (χ3v) is 5.50. The summed E-state index contributed by atoms with van der Waals surface area (Å²) in [7, 11) is 0. The first kappa shape index (κ1) is 13.8. The van der Waals surface area contributed by atoms with Crippen molar-refractivity contribution >= 4 is 0 Å². The van der Waals surface area contributed by atoms with Gasteiger partial charge in [-0.25, -0.2) is 0 Å². The maximum atomic E-state index is 5.96. The Morgan fingerprint density at radius 1 is 1.16 bits per heavy atom. The van der Waals surface area contributed by atoms with E-state index >= 15 is 0 Å². The van der Waals surface area contributed by atoms with Crippen LogP contribution in [0.1, 0.15) is 58.8 Å². The van der Waals surface area contributed by atoms with Gasteiger partial charge in [-0.3, -0.25) is 4.90 Å². The molecule has 2 heterocycles. The van der Waals surface area contributed by atoms with Crippen LogP contribution in [-0.2, 0) is 4.74 Å². The minimum atomic E-state index is 0.272. The van der Waals surface area contributed by atoms with Crippen molar-refractivity contribution in [2.24, 2.45) is 0 Å². The quantitative estimate of drug-likeness (QED) is 0.831. The van der Waals surface area contributed by atoms with E-state index in [1.165, 1.54) is 51.5 Å². The van der Waals surface area contributed by atoms with E-state index in [0.29, 0.717) is 11.6 Å². The molecule has 3 rings (SSSR count). The molecule has 2 aliphatic heterocycles. The van der Waals surface area contributed by atoms with Gasteiger partial charge in [0.2, 0.25) is 0 Å². The van der Waals surface area contributed by atoms with Crippen LogP contribution in [0.5, 0.6) is 0 Å². The topological polar surface area (TPSA) is 24.5 Å². The monoisotopic (exact) mass is 266 g/mol. The van der Waals surface area contributed by atoms with E-state index in [0.717, 1.165) is 19.7 Å². The molecule has 2 saturated heterocycles. The summed E-state index contributed by atoms with van der Waals surface area (Å²) in [5.41, 5.74) is 0.693. The molecule has 0 aromatic carbocycles. The summed E-state index contributed by atoms with van der Waals surface area (Å²) in [5.74, 6) is 0. The van der Waals surface area contributed by atoms with Gasteiger partial charge in [0.1, 0.15) is 0 Å². The number of nitrogens with one attached hydrogen (secondary N) is 1. The molecule has 1 unspecified atom stereocenters. The molecule has 0 amide bonds. The van der Waals surface area contributed by atoms with E-state index in [-0.39, 0.29) is 5.54 Å². The summed E-state index contributed by atoms with van der Waals surface area (Å²) in [4.78, 5) is 2.71. The normalized spacial score (nSPS) is 34.7. The number of hydrogen-bond donors (Lipinski definition) is 1. The molecular weight excluding hydrogens is 236 g/mol. The predicted molar refractivity (Wildman–Crippen MR) is 78.4 cm³/mol. The third kappa shape index (κ3) is 2.98. The highest BCUT2D eigenvalue weighted by Crippen LogP contribution is 2.36. The number of nitrogens with zero attached hydrogens (tertiary/aromatic N) is 1. The second-order valence-corrected chi connectivity index (χ2v) is 7.52. The second-order valence-electron chi connectivity index (χ2n) is 7.52. The molecule has 19 heavy (non-hydrogen) atoms. The molecule has 1 N–H and O–H groups in total. The minimum absolute atomic E-state index is 0.272. The smallest absolute Gasteiger partial charge is 0.0702 e. The van der Waals surface area contributed by atoms with E-state index < -0.39 is 0 Å². The van der Waals surface area contributed by atoms with E-state index in [2.05, 4.69) is 24.1 Å². The number of piperazine rings is 1. The average molecular weight is 266 g/mol. The standard InChI is InChI=1S/C16H30N2O/c1-15(2)12-17-16(8-4-5-9-16)13-18(15)11-14-7-3-6-10-19-14/h14,17H,3-13H2,1-2H3. The summed E-state index contributed by atoms with van der Waals surface area (Å²) in [6.45, 7) is 9.22. The van der Waals surface area contributed by atoms with Crippen molar-refractivity contribution in [3.63, 3.8) is 0 Å². The Balaban J connectivity index is 1.65. The number of hydrogen-bond acceptors (Lipinski definition) is 3. The maximum Gasteiger partial charge on any atom is 0.0702 e. The van der Waals surface area contributed by atoms with Gasteiger partial charge in [0, 0.05) is 37.3 Å². The van der Waals surface area contributed by atoms with Gasteiger partial charge in [0.15, 0.2) is 0 Å². The molecule has 110 valence electrons. The highest BCUT2D eigenvalue weighted by molar-refractivity contribution is 5.04. The molecule has 0 radical (unpaired) electrons. The molecule has 0 bridgehead atoms. The van der Waals surface area contributed by atoms with Crippen molar-refractivity contribution in [2.45, 2.75) is 76.0 Å². The van der Waals surface area contributed by atoms with Crippen molar-refractivity contribution in [1.29, 1.82) is 0 Å². The molecule has 1 saturated carbocycles. The van der Waals surface area contributed by atoms with Crippen LogP contribution in [0.25, 0.3) is 0 Å². The highest BCUT2D eigenvalue weighted by atomic mass is 16.5. The lowest BCUT2D eigenvalue weighted by atomic mass is 9.87. The van der Waals surface area contributed by atoms with E-state index in [1.54, 1.807) is 0 Å². The van der Waals surface area contributed by atoms with Crippen LogP contribution < -0.4 is 5.32 Å². The highest BCUT2D eigenvalue weighted by Gasteiger charge is 2.44. The fraction of sp³-hybridized carbons (Fsp3) is 1.00. The first-order chi connectivity index (χ1) is 9.10. The Hall–Kier alpha value is -0.120. The maximum absolute atomic E-state index is 5.96. The van der Waals surface area contributed by atoms with Gasteiger partial charge >= 0.3 is 0 Å². The minimum Gasteiger partial charge on any atom is -0.377 e. The van der Waals surface area contributed by atoms with Crippen LogP contribution in [0.15, 0.2) is 0 Å². The zero-order valence-corrected chi connectivity index (χ0v) is 12.7. The Bertz CT molecular complexity index is 304. The SMILES string of the molecule is CC1(C)CNC2(CCCC2)CN1CC1CCCCO1. The van der Waals surface area contributed by atoms with Gasteiger partial charge in [-0.2, -0.15) is 0 Å². The van der Waals surface area contributed by atoms with Gasteiger partial charge in [0.25, 0.3) is 0 Å². The zero-order valence-electron chi connectivity index (χ0n) is 12.7.